The Hall–Kier alpha value is -2.67. The molecule has 1 amide bonds. The number of aromatic nitrogens is 4. The monoisotopic (exact) mass is 406 g/mol. The first kappa shape index (κ1) is 19.3. The smallest absolute Gasteiger partial charge is 0.242 e. The molecule has 0 radical (unpaired) electrons. The third kappa shape index (κ3) is 3.51. The molecule has 3 heterocycles. The van der Waals surface area contributed by atoms with Crippen LogP contribution in [0, 0.1) is 13.8 Å². The molecule has 1 aliphatic carbocycles. The van der Waals surface area contributed by atoms with Gasteiger partial charge < -0.3 is 9.47 Å². The van der Waals surface area contributed by atoms with E-state index in [9.17, 15) is 4.79 Å². The largest absolute Gasteiger partial charge is 0.339 e. The summed E-state index contributed by atoms with van der Waals surface area (Å²) in [5, 5.41) is 4.53. The second-order valence-electron chi connectivity index (χ2n) is 8.75. The van der Waals surface area contributed by atoms with Crippen LogP contribution in [0.4, 0.5) is 0 Å². The molecule has 0 atom stereocenters. The molecule has 30 heavy (non-hydrogen) atoms. The zero-order chi connectivity index (χ0) is 20.8. The summed E-state index contributed by atoms with van der Waals surface area (Å²) >= 11 is 0. The number of hydrogen-bond acceptors (Lipinski definition) is 4. The maximum atomic E-state index is 13.1. The highest BCUT2D eigenvalue weighted by atomic mass is 16.2. The molecule has 7 heteroatoms. The lowest BCUT2D eigenvalue weighted by Gasteiger charge is -2.35. The van der Waals surface area contributed by atoms with E-state index >= 15 is 0 Å². The van der Waals surface area contributed by atoms with Crippen LogP contribution in [0.5, 0.6) is 0 Å². The molecule has 0 N–H and O–H groups in total. The van der Waals surface area contributed by atoms with Gasteiger partial charge in [0.05, 0.1) is 16.7 Å². The van der Waals surface area contributed by atoms with Crippen molar-refractivity contribution < 1.29 is 4.79 Å². The molecule has 0 unspecified atom stereocenters. The van der Waals surface area contributed by atoms with Gasteiger partial charge in [0.25, 0.3) is 0 Å². The summed E-state index contributed by atoms with van der Waals surface area (Å²) in [6.45, 7) is 8.88. The SMILES string of the molecule is Cc1nn(C)c(C)c1CN1CCN(C(=O)Cn2c(C3CC3)nc3ccccc32)CC1. The number of para-hydroxylation sites is 2. The third-order valence-electron chi connectivity index (χ3n) is 6.69. The predicted octanol–water partition coefficient (Wildman–Crippen LogP) is 2.61. The first-order valence-corrected chi connectivity index (χ1v) is 11.0. The molecule has 3 aromatic rings. The average molecular weight is 407 g/mol. The van der Waals surface area contributed by atoms with Crippen LogP contribution < -0.4 is 0 Å². The first-order valence-electron chi connectivity index (χ1n) is 11.0. The van der Waals surface area contributed by atoms with Crippen molar-refractivity contribution in [2.45, 2.75) is 45.7 Å². The van der Waals surface area contributed by atoms with E-state index in [1.54, 1.807) is 0 Å². The average Bonchev–Trinajstić information content (AvgIpc) is 3.49. The lowest BCUT2D eigenvalue weighted by molar-refractivity contribution is -0.133. The Morgan fingerprint density at radius 3 is 2.50 bits per heavy atom. The molecule has 2 fully saturated rings. The molecule has 2 aliphatic rings. The standard InChI is InChI=1S/C23H30N6O/c1-16-19(17(2)26(3)25-16)14-27-10-12-28(13-11-27)22(30)15-29-21-7-5-4-6-20(21)24-23(29)18-8-9-18/h4-7,18H,8-15H2,1-3H3. The number of nitrogens with zero attached hydrogens (tertiary/aromatic N) is 6. The molecule has 0 bridgehead atoms. The van der Waals surface area contributed by atoms with E-state index in [1.165, 1.54) is 24.1 Å². The quantitative estimate of drug-likeness (QED) is 0.654. The molecule has 5 rings (SSSR count). The number of imidazole rings is 1. The highest BCUT2D eigenvalue weighted by molar-refractivity contribution is 5.81. The number of amides is 1. The fraction of sp³-hybridized carbons (Fsp3) is 0.522. The Balaban J connectivity index is 1.25. The minimum absolute atomic E-state index is 0.202. The summed E-state index contributed by atoms with van der Waals surface area (Å²) in [7, 11) is 2.00. The molecule has 158 valence electrons. The van der Waals surface area contributed by atoms with Crippen LogP contribution in [-0.2, 0) is 24.9 Å². The van der Waals surface area contributed by atoms with Gasteiger partial charge in [0.15, 0.2) is 0 Å². The number of carbonyl (C=O) groups is 1. The van der Waals surface area contributed by atoms with Crippen molar-refractivity contribution in [2.75, 3.05) is 26.2 Å². The van der Waals surface area contributed by atoms with E-state index in [2.05, 4.69) is 34.5 Å². The van der Waals surface area contributed by atoms with Gasteiger partial charge in [-0.15, -0.1) is 0 Å². The van der Waals surface area contributed by atoms with E-state index in [4.69, 9.17) is 4.98 Å². The molecule has 1 saturated heterocycles. The van der Waals surface area contributed by atoms with Crippen LogP contribution in [0.3, 0.4) is 0 Å². The van der Waals surface area contributed by atoms with Gasteiger partial charge in [0.2, 0.25) is 5.91 Å². The van der Waals surface area contributed by atoms with Crippen molar-refractivity contribution in [1.82, 2.24) is 29.1 Å². The second kappa shape index (κ2) is 7.54. The fourth-order valence-corrected chi connectivity index (χ4v) is 4.57. The van der Waals surface area contributed by atoms with E-state index in [1.807, 2.05) is 34.8 Å². The summed E-state index contributed by atoms with van der Waals surface area (Å²) in [6.07, 6.45) is 2.37. The van der Waals surface area contributed by atoms with Crippen molar-refractivity contribution in [3.63, 3.8) is 0 Å². The molecular weight excluding hydrogens is 376 g/mol. The summed E-state index contributed by atoms with van der Waals surface area (Å²) < 4.78 is 4.11. The number of rotatable bonds is 5. The topological polar surface area (TPSA) is 59.2 Å². The van der Waals surface area contributed by atoms with Gasteiger partial charge in [-0.2, -0.15) is 5.10 Å². The summed E-state index contributed by atoms with van der Waals surface area (Å²) in [5.74, 6) is 1.81. The molecular formula is C23H30N6O. The zero-order valence-corrected chi connectivity index (χ0v) is 18.1. The predicted molar refractivity (Wildman–Crippen MR) is 116 cm³/mol. The van der Waals surface area contributed by atoms with Crippen LogP contribution in [-0.4, -0.2) is 61.2 Å². The molecule has 2 aromatic heterocycles. The second-order valence-corrected chi connectivity index (χ2v) is 8.75. The molecule has 1 aromatic carbocycles. The minimum atomic E-state index is 0.202. The highest BCUT2D eigenvalue weighted by Gasteiger charge is 2.31. The van der Waals surface area contributed by atoms with Crippen molar-refractivity contribution in [1.29, 1.82) is 0 Å². The highest BCUT2D eigenvalue weighted by Crippen LogP contribution is 2.40. The third-order valence-corrected chi connectivity index (χ3v) is 6.69. The molecule has 0 spiro atoms. The van der Waals surface area contributed by atoms with Crippen LogP contribution in [0.25, 0.3) is 11.0 Å². The Bertz CT molecular complexity index is 1080. The minimum Gasteiger partial charge on any atom is -0.339 e. The fourth-order valence-electron chi connectivity index (χ4n) is 4.57. The zero-order valence-electron chi connectivity index (χ0n) is 18.1. The van der Waals surface area contributed by atoms with Crippen molar-refractivity contribution >= 4 is 16.9 Å². The molecule has 1 aliphatic heterocycles. The Labute approximate surface area is 177 Å². The summed E-state index contributed by atoms with van der Waals surface area (Å²) in [6, 6.07) is 8.17. The van der Waals surface area contributed by atoms with E-state index in [-0.39, 0.29) is 5.91 Å². The Kier molecular flexibility index (Phi) is 4.85. The van der Waals surface area contributed by atoms with Gasteiger partial charge in [0, 0.05) is 56.9 Å². The lowest BCUT2D eigenvalue weighted by atomic mass is 10.1. The van der Waals surface area contributed by atoms with Crippen LogP contribution >= 0.6 is 0 Å². The van der Waals surface area contributed by atoms with Gasteiger partial charge in [0.1, 0.15) is 12.4 Å². The summed E-state index contributed by atoms with van der Waals surface area (Å²) in [5.41, 5.74) is 5.73. The normalized spacial score (nSPS) is 17.8. The van der Waals surface area contributed by atoms with Crippen LogP contribution in [0.2, 0.25) is 0 Å². The molecule has 1 saturated carbocycles. The van der Waals surface area contributed by atoms with Crippen LogP contribution in [0.15, 0.2) is 24.3 Å². The van der Waals surface area contributed by atoms with E-state index in [0.29, 0.717) is 12.5 Å². The Morgan fingerprint density at radius 2 is 1.83 bits per heavy atom. The van der Waals surface area contributed by atoms with Gasteiger partial charge in [-0.25, -0.2) is 4.98 Å². The van der Waals surface area contributed by atoms with Crippen molar-refractivity contribution in [3.8, 4) is 0 Å². The van der Waals surface area contributed by atoms with Gasteiger partial charge in [-0.1, -0.05) is 12.1 Å². The summed E-state index contributed by atoms with van der Waals surface area (Å²) in [4.78, 5) is 22.4. The van der Waals surface area contributed by atoms with Gasteiger partial charge in [-0.3, -0.25) is 14.4 Å². The molecule has 7 nitrogen and oxygen atoms in total. The number of fused-ring (bicyclic) bond motifs is 1. The number of aryl methyl sites for hydroxylation is 2. The maximum absolute atomic E-state index is 13.1. The van der Waals surface area contributed by atoms with E-state index < -0.39 is 0 Å². The van der Waals surface area contributed by atoms with Gasteiger partial charge in [-0.05, 0) is 38.8 Å². The number of hydrogen-bond donors (Lipinski definition) is 0. The van der Waals surface area contributed by atoms with Gasteiger partial charge >= 0.3 is 0 Å². The Morgan fingerprint density at radius 1 is 1.10 bits per heavy atom. The first-order chi connectivity index (χ1) is 14.5. The number of piperazine rings is 1. The lowest BCUT2D eigenvalue weighted by Crippen LogP contribution is -2.49. The number of benzene rings is 1. The van der Waals surface area contributed by atoms with E-state index in [0.717, 1.165) is 55.3 Å². The van der Waals surface area contributed by atoms with Crippen LogP contribution in [0.1, 0.15) is 41.5 Å². The van der Waals surface area contributed by atoms with Crippen molar-refractivity contribution in [3.05, 3.63) is 47.0 Å². The maximum Gasteiger partial charge on any atom is 0.242 e. The number of carbonyl (C=O) groups excluding carboxylic acids is 1. The van der Waals surface area contributed by atoms with Crippen molar-refractivity contribution in [2.24, 2.45) is 7.05 Å².